The molecule has 6 nitrogen and oxygen atoms in total. The van der Waals surface area contributed by atoms with Crippen molar-refractivity contribution in [2.24, 2.45) is 5.10 Å². The van der Waals surface area contributed by atoms with Gasteiger partial charge in [-0.1, -0.05) is 17.4 Å². The van der Waals surface area contributed by atoms with Crippen molar-refractivity contribution in [2.75, 3.05) is 17.3 Å². The van der Waals surface area contributed by atoms with Gasteiger partial charge in [0.2, 0.25) is 5.13 Å². The summed E-state index contributed by atoms with van der Waals surface area (Å²) in [5.74, 6) is 0.519. The SMILES string of the molecule is CCOc1cccc(C(=O)Nc2c(C)cc3nc(NN=C(C)C)sc3c2C)c1. The van der Waals surface area contributed by atoms with Gasteiger partial charge in [-0.15, -0.1) is 0 Å². The predicted molar refractivity (Wildman–Crippen MR) is 117 cm³/mol. The summed E-state index contributed by atoms with van der Waals surface area (Å²) in [7, 11) is 0. The highest BCUT2D eigenvalue weighted by atomic mass is 32.1. The first-order valence-corrected chi connectivity index (χ1v) is 9.92. The van der Waals surface area contributed by atoms with Crippen LogP contribution in [-0.2, 0) is 0 Å². The molecule has 28 heavy (non-hydrogen) atoms. The van der Waals surface area contributed by atoms with Crippen LogP contribution in [0.2, 0.25) is 0 Å². The average molecular weight is 397 g/mol. The second-order valence-corrected chi connectivity index (χ2v) is 7.65. The van der Waals surface area contributed by atoms with E-state index in [-0.39, 0.29) is 5.91 Å². The Hall–Kier alpha value is -2.93. The molecule has 0 saturated heterocycles. The van der Waals surface area contributed by atoms with Gasteiger partial charge in [0.1, 0.15) is 5.75 Å². The minimum Gasteiger partial charge on any atom is -0.494 e. The molecule has 3 rings (SSSR count). The average Bonchev–Trinajstić information content (AvgIpc) is 3.07. The van der Waals surface area contributed by atoms with Crippen molar-refractivity contribution in [2.45, 2.75) is 34.6 Å². The number of hydrogen-bond donors (Lipinski definition) is 2. The minimum absolute atomic E-state index is 0.166. The highest BCUT2D eigenvalue weighted by Gasteiger charge is 2.15. The van der Waals surface area contributed by atoms with Crippen molar-refractivity contribution in [3.8, 4) is 5.75 Å². The van der Waals surface area contributed by atoms with Crippen LogP contribution in [0.4, 0.5) is 10.8 Å². The Morgan fingerprint density at radius 2 is 2.04 bits per heavy atom. The van der Waals surface area contributed by atoms with E-state index in [0.29, 0.717) is 17.9 Å². The van der Waals surface area contributed by atoms with Crippen LogP contribution in [0.3, 0.4) is 0 Å². The summed E-state index contributed by atoms with van der Waals surface area (Å²) in [4.78, 5) is 17.4. The zero-order chi connectivity index (χ0) is 20.3. The van der Waals surface area contributed by atoms with Gasteiger partial charge in [0.15, 0.2) is 0 Å². The molecular formula is C21H24N4O2S. The number of aryl methyl sites for hydroxylation is 2. The maximum absolute atomic E-state index is 12.8. The molecule has 0 aliphatic carbocycles. The molecule has 7 heteroatoms. The van der Waals surface area contributed by atoms with Crippen molar-refractivity contribution in [3.05, 3.63) is 47.0 Å². The monoisotopic (exact) mass is 396 g/mol. The summed E-state index contributed by atoms with van der Waals surface area (Å²) in [6.07, 6.45) is 0. The van der Waals surface area contributed by atoms with Crippen molar-refractivity contribution < 1.29 is 9.53 Å². The molecule has 3 aromatic rings. The Morgan fingerprint density at radius 1 is 1.25 bits per heavy atom. The maximum atomic E-state index is 12.8. The van der Waals surface area contributed by atoms with E-state index in [0.717, 1.165) is 37.9 Å². The van der Waals surface area contributed by atoms with E-state index in [2.05, 4.69) is 20.8 Å². The van der Waals surface area contributed by atoms with E-state index in [1.165, 1.54) is 11.3 Å². The summed E-state index contributed by atoms with van der Waals surface area (Å²) in [6.45, 7) is 10.3. The number of ether oxygens (including phenoxy) is 1. The summed E-state index contributed by atoms with van der Waals surface area (Å²) >= 11 is 1.52. The van der Waals surface area contributed by atoms with Crippen LogP contribution in [-0.4, -0.2) is 23.2 Å². The Labute approximate surface area is 168 Å². The minimum atomic E-state index is -0.166. The lowest BCUT2D eigenvalue weighted by molar-refractivity contribution is 0.102. The van der Waals surface area contributed by atoms with Crippen LogP contribution in [0.5, 0.6) is 5.75 Å². The second-order valence-electron chi connectivity index (χ2n) is 6.65. The number of nitrogens with zero attached hydrogens (tertiary/aromatic N) is 2. The number of rotatable bonds is 6. The number of anilines is 2. The van der Waals surface area contributed by atoms with Gasteiger partial charge in [-0.3, -0.25) is 10.2 Å². The molecule has 1 heterocycles. The first kappa shape index (κ1) is 19.8. The lowest BCUT2D eigenvalue weighted by Gasteiger charge is -2.13. The molecule has 0 unspecified atom stereocenters. The molecule has 2 N–H and O–H groups in total. The highest BCUT2D eigenvalue weighted by Crippen LogP contribution is 2.35. The number of hydrazone groups is 1. The zero-order valence-electron chi connectivity index (χ0n) is 16.7. The van der Waals surface area contributed by atoms with Gasteiger partial charge >= 0.3 is 0 Å². The summed E-state index contributed by atoms with van der Waals surface area (Å²) in [5.41, 5.74) is 8.12. The quantitative estimate of drug-likeness (QED) is 0.434. The summed E-state index contributed by atoms with van der Waals surface area (Å²) < 4.78 is 6.51. The fraction of sp³-hybridized carbons (Fsp3) is 0.286. The van der Waals surface area contributed by atoms with Gasteiger partial charge in [0, 0.05) is 17.0 Å². The molecule has 0 fully saturated rings. The van der Waals surface area contributed by atoms with E-state index in [4.69, 9.17) is 4.74 Å². The Kier molecular flexibility index (Phi) is 5.94. The number of hydrogen-bond acceptors (Lipinski definition) is 6. The van der Waals surface area contributed by atoms with Crippen LogP contribution >= 0.6 is 11.3 Å². The Bertz CT molecular complexity index is 1050. The van der Waals surface area contributed by atoms with Gasteiger partial charge in [-0.2, -0.15) is 5.10 Å². The van der Waals surface area contributed by atoms with Gasteiger partial charge in [0.05, 0.1) is 16.8 Å². The van der Waals surface area contributed by atoms with Crippen LogP contribution in [0.25, 0.3) is 10.2 Å². The summed E-state index contributed by atoms with van der Waals surface area (Å²) in [6, 6.07) is 9.18. The molecule has 0 aliphatic rings. The van der Waals surface area contributed by atoms with Crippen LogP contribution in [0.1, 0.15) is 42.3 Å². The topological polar surface area (TPSA) is 75.6 Å². The molecule has 1 amide bonds. The second kappa shape index (κ2) is 8.39. The third kappa shape index (κ3) is 4.31. The molecule has 2 aromatic carbocycles. The van der Waals surface area contributed by atoms with Gasteiger partial charge in [-0.25, -0.2) is 4.98 Å². The van der Waals surface area contributed by atoms with Gasteiger partial charge < -0.3 is 10.1 Å². The van der Waals surface area contributed by atoms with Gasteiger partial charge in [0.25, 0.3) is 5.91 Å². The van der Waals surface area contributed by atoms with E-state index < -0.39 is 0 Å². The van der Waals surface area contributed by atoms with Crippen molar-refractivity contribution in [3.63, 3.8) is 0 Å². The number of carbonyl (C=O) groups is 1. The fourth-order valence-corrected chi connectivity index (χ4v) is 3.76. The molecule has 0 radical (unpaired) electrons. The zero-order valence-corrected chi connectivity index (χ0v) is 17.5. The van der Waals surface area contributed by atoms with Crippen molar-refractivity contribution in [1.29, 1.82) is 0 Å². The van der Waals surface area contributed by atoms with E-state index in [1.54, 1.807) is 12.1 Å². The first-order chi connectivity index (χ1) is 13.4. The van der Waals surface area contributed by atoms with Crippen molar-refractivity contribution >= 4 is 44.0 Å². The first-order valence-electron chi connectivity index (χ1n) is 9.11. The molecule has 0 atom stereocenters. The largest absolute Gasteiger partial charge is 0.494 e. The lowest BCUT2D eigenvalue weighted by atomic mass is 10.1. The number of amides is 1. The van der Waals surface area contributed by atoms with Crippen LogP contribution < -0.4 is 15.5 Å². The van der Waals surface area contributed by atoms with Gasteiger partial charge in [-0.05, 0) is 70.0 Å². The Balaban J connectivity index is 1.91. The predicted octanol–water partition coefficient (Wildman–Crippen LogP) is 5.37. The number of fused-ring (bicyclic) bond motifs is 1. The van der Waals surface area contributed by atoms with E-state index in [1.807, 2.05) is 52.8 Å². The van der Waals surface area contributed by atoms with E-state index in [9.17, 15) is 4.79 Å². The lowest BCUT2D eigenvalue weighted by Crippen LogP contribution is -2.14. The highest BCUT2D eigenvalue weighted by molar-refractivity contribution is 7.22. The molecule has 0 aliphatic heterocycles. The number of carbonyl (C=O) groups excluding carboxylic acids is 1. The molecule has 1 aromatic heterocycles. The summed E-state index contributed by atoms with van der Waals surface area (Å²) in [5, 5.41) is 7.99. The third-order valence-electron chi connectivity index (χ3n) is 4.14. The molecule has 0 saturated carbocycles. The molecular weight excluding hydrogens is 372 g/mol. The number of benzene rings is 2. The molecule has 0 bridgehead atoms. The number of thiazole rings is 1. The maximum Gasteiger partial charge on any atom is 0.255 e. The number of aromatic nitrogens is 1. The van der Waals surface area contributed by atoms with Crippen LogP contribution in [0, 0.1) is 13.8 Å². The normalized spacial score (nSPS) is 10.6. The smallest absolute Gasteiger partial charge is 0.255 e. The fourth-order valence-electron chi connectivity index (χ4n) is 2.86. The van der Waals surface area contributed by atoms with Crippen LogP contribution in [0.15, 0.2) is 35.4 Å². The van der Waals surface area contributed by atoms with E-state index >= 15 is 0 Å². The third-order valence-corrected chi connectivity index (χ3v) is 5.23. The molecule has 0 spiro atoms. The standard InChI is InChI=1S/C21H24N4O2S/c1-6-27-16-9-7-8-15(11-16)20(26)23-18-13(4)10-17-19(14(18)5)28-21(22-17)25-24-12(2)3/h7-11H,6H2,1-5H3,(H,22,25)(H,23,26). The molecule has 146 valence electrons. The number of nitrogens with one attached hydrogen (secondary N) is 2. The van der Waals surface area contributed by atoms with Crippen molar-refractivity contribution in [1.82, 2.24) is 4.98 Å². The Morgan fingerprint density at radius 3 is 2.75 bits per heavy atom.